The number of esters is 1. The summed E-state index contributed by atoms with van der Waals surface area (Å²) in [5.41, 5.74) is 6.47. The van der Waals surface area contributed by atoms with Gasteiger partial charge in [0, 0.05) is 16.2 Å². The van der Waals surface area contributed by atoms with E-state index < -0.39 is 5.60 Å². The summed E-state index contributed by atoms with van der Waals surface area (Å²) in [4.78, 5) is 13.5. The first kappa shape index (κ1) is 15.8. The molecule has 1 aliphatic carbocycles. The van der Waals surface area contributed by atoms with Crippen LogP contribution in [-0.2, 0) is 14.3 Å². The van der Waals surface area contributed by atoms with Crippen LogP contribution in [0.5, 0.6) is 0 Å². The van der Waals surface area contributed by atoms with E-state index in [9.17, 15) is 4.79 Å². The van der Waals surface area contributed by atoms with E-state index in [1.165, 1.54) is 10.5 Å². The maximum absolute atomic E-state index is 12.3. The summed E-state index contributed by atoms with van der Waals surface area (Å²) in [6, 6.07) is 8.36. The topological polar surface area (TPSA) is 61.5 Å². The third kappa shape index (κ3) is 3.31. The fourth-order valence-corrected chi connectivity index (χ4v) is 3.78. The molecule has 2 aliphatic heterocycles. The van der Waals surface area contributed by atoms with Crippen LogP contribution in [0.1, 0.15) is 31.2 Å². The Morgan fingerprint density at radius 1 is 1.27 bits per heavy atom. The van der Waals surface area contributed by atoms with E-state index in [4.69, 9.17) is 15.2 Å². The summed E-state index contributed by atoms with van der Waals surface area (Å²) < 4.78 is 11.2. The van der Waals surface area contributed by atoms with Gasteiger partial charge >= 0.3 is 5.97 Å². The largest absolute Gasteiger partial charge is 0.463 e. The van der Waals surface area contributed by atoms with Gasteiger partial charge in [-0.2, -0.15) is 0 Å². The van der Waals surface area contributed by atoms with Gasteiger partial charge in [0.1, 0.15) is 6.61 Å². The number of hydrogen-bond acceptors (Lipinski definition) is 5. The zero-order chi connectivity index (χ0) is 15.6. The van der Waals surface area contributed by atoms with Gasteiger partial charge in [-0.05, 0) is 44.7 Å². The van der Waals surface area contributed by atoms with Crippen LogP contribution < -0.4 is 5.73 Å². The van der Waals surface area contributed by atoms with Gasteiger partial charge in [-0.25, -0.2) is 4.79 Å². The van der Waals surface area contributed by atoms with Gasteiger partial charge < -0.3 is 15.2 Å². The number of benzene rings is 1. The Kier molecular flexibility index (Phi) is 4.48. The fraction of sp³-hybridized carbons (Fsp3) is 0.588. The van der Waals surface area contributed by atoms with Crippen LogP contribution >= 0.6 is 11.8 Å². The van der Waals surface area contributed by atoms with Crippen LogP contribution in [0, 0.1) is 6.92 Å². The zero-order valence-electron chi connectivity index (χ0n) is 13.0. The molecule has 2 heterocycles. The number of aryl methyl sites for hydroxylation is 1. The van der Waals surface area contributed by atoms with Gasteiger partial charge in [0.05, 0.1) is 6.61 Å². The SMILES string of the molecule is Cc1ccc(SCCOC(=O)C23CCC(N)(CC2)CO3)cc1. The van der Waals surface area contributed by atoms with Crippen LogP contribution in [0.2, 0.25) is 0 Å². The maximum Gasteiger partial charge on any atom is 0.338 e. The minimum atomic E-state index is -0.727. The predicted molar refractivity (Wildman–Crippen MR) is 86.9 cm³/mol. The Balaban J connectivity index is 1.44. The van der Waals surface area contributed by atoms with Crippen LogP contribution in [0.15, 0.2) is 29.2 Å². The summed E-state index contributed by atoms with van der Waals surface area (Å²) in [6.45, 7) is 2.95. The van der Waals surface area contributed by atoms with Gasteiger partial charge in [0.25, 0.3) is 0 Å². The third-order valence-electron chi connectivity index (χ3n) is 4.67. The summed E-state index contributed by atoms with van der Waals surface area (Å²) in [6.07, 6.45) is 3.07. The summed E-state index contributed by atoms with van der Waals surface area (Å²) in [5.74, 6) is 0.546. The first-order valence-electron chi connectivity index (χ1n) is 7.81. The van der Waals surface area contributed by atoms with Crippen LogP contribution in [0.3, 0.4) is 0 Å². The van der Waals surface area contributed by atoms with Crippen molar-refractivity contribution < 1.29 is 14.3 Å². The van der Waals surface area contributed by atoms with Gasteiger partial charge in [0.15, 0.2) is 5.60 Å². The predicted octanol–water partition coefficient (Wildman–Crippen LogP) is 2.67. The average Bonchev–Trinajstić information content (AvgIpc) is 2.54. The van der Waals surface area contributed by atoms with E-state index >= 15 is 0 Å². The molecule has 0 radical (unpaired) electrons. The Morgan fingerprint density at radius 3 is 2.55 bits per heavy atom. The van der Waals surface area contributed by atoms with Crippen molar-refractivity contribution in [2.45, 2.75) is 48.6 Å². The molecule has 4 nitrogen and oxygen atoms in total. The number of ether oxygens (including phenoxy) is 2. The monoisotopic (exact) mass is 321 g/mol. The Bertz CT molecular complexity index is 519. The van der Waals surface area contributed by atoms with E-state index in [-0.39, 0.29) is 11.5 Å². The molecule has 1 saturated carbocycles. The van der Waals surface area contributed by atoms with E-state index in [1.807, 2.05) is 0 Å². The fourth-order valence-electron chi connectivity index (χ4n) is 3.05. The van der Waals surface area contributed by atoms with E-state index in [1.54, 1.807) is 11.8 Å². The number of fused-ring (bicyclic) bond motifs is 3. The summed E-state index contributed by atoms with van der Waals surface area (Å²) >= 11 is 1.70. The number of hydrogen-bond donors (Lipinski definition) is 1. The number of thioether (sulfide) groups is 1. The highest BCUT2D eigenvalue weighted by Crippen LogP contribution is 2.42. The molecule has 2 bridgehead atoms. The second-order valence-electron chi connectivity index (χ2n) is 6.44. The molecule has 120 valence electrons. The quantitative estimate of drug-likeness (QED) is 0.513. The lowest BCUT2D eigenvalue weighted by Gasteiger charge is -2.49. The van der Waals surface area contributed by atoms with E-state index in [2.05, 4.69) is 31.2 Å². The minimum Gasteiger partial charge on any atom is -0.463 e. The van der Waals surface area contributed by atoms with Gasteiger partial charge in [-0.15, -0.1) is 11.8 Å². The smallest absolute Gasteiger partial charge is 0.338 e. The van der Waals surface area contributed by atoms with Crippen LogP contribution in [-0.4, -0.2) is 36.1 Å². The van der Waals surface area contributed by atoms with Crippen LogP contribution in [0.4, 0.5) is 0 Å². The highest BCUT2D eigenvalue weighted by Gasteiger charge is 2.53. The van der Waals surface area contributed by atoms with Gasteiger partial charge in [0.2, 0.25) is 0 Å². The number of carbonyl (C=O) groups excluding carboxylic acids is 1. The molecule has 2 N–H and O–H groups in total. The standard InChI is InChI=1S/C17H23NO3S/c1-13-2-4-14(5-3-13)22-11-10-20-15(19)17-8-6-16(18,7-9-17)12-21-17/h2-5H,6-12,18H2,1H3. The Labute approximate surface area is 135 Å². The Morgan fingerprint density at radius 2 is 1.95 bits per heavy atom. The minimum absolute atomic E-state index is 0.209. The Hall–Kier alpha value is -1.04. The van der Waals surface area contributed by atoms with Crippen molar-refractivity contribution >= 4 is 17.7 Å². The first-order chi connectivity index (χ1) is 10.5. The van der Waals surface area contributed by atoms with Crippen molar-refractivity contribution in [1.29, 1.82) is 0 Å². The number of carbonyl (C=O) groups is 1. The molecule has 3 fully saturated rings. The average molecular weight is 321 g/mol. The van der Waals surface area contributed by atoms with Crippen molar-refractivity contribution in [2.75, 3.05) is 19.0 Å². The van der Waals surface area contributed by atoms with Crippen molar-refractivity contribution in [3.8, 4) is 0 Å². The second-order valence-corrected chi connectivity index (χ2v) is 7.61. The van der Waals surface area contributed by atoms with E-state index in [0.717, 1.165) is 18.6 Å². The normalized spacial score (nSPS) is 30.3. The molecule has 0 unspecified atom stereocenters. The molecule has 0 aromatic heterocycles. The highest BCUT2D eigenvalue weighted by molar-refractivity contribution is 7.99. The maximum atomic E-state index is 12.3. The molecule has 0 amide bonds. The third-order valence-corrected chi connectivity index (χ3v) is 5.64. The highest BCUT2D eigenvalue weighted by atomic mass is 32.2. The molecule has 4 rings (SSSR count). The van der Waals surface area contributed by atoms with Crippen molar-refractivity contribution in [3.05, 3.63) is 29.8 Å². The van der Waals surface area contributed by atoms with Crippen molar-refractivity contribution in [3.63, 3.8) is 0 Å². The number of rotatable bonds is 5. The molecule has 0 atom stereocenters. The molecular formula is C17H23NO3S. The molecule has 2 saturated heterocycles. The molecule has 0 spiro atoms. The first-order valence-corrected chi connectivity index (χ1v) is 8.80. The van der Waals surface area contributed by atoms with Crippen LogP contribution in [0.25, 0.3) is 0 Å². The lowest BCUT2D eigenvalue weighted by atomic mass is 9.72. The molecule has 22 heavy (non-hydrogen) atoms. The summed E-state index contributed by atoms with van der Waals surface area (Å²) in [7, 11) is 0. The molecule has 1 aromatic carbocycles. The molecular weight excluding hydrogens is 298 g/mol. The van der Waals surface area contributed by atoms with Crippen molar-refractivity contribution in [2.24, 2.45) is 5.73 Å². The molecule has 5 heteroatoms. The second kappa shape index (κ2) is 6.22. The lowest BCUT2D eigenvalue weighted by Crippen LogP contribution is -2.62. The molecule has 1 aromatic rings. The zero-order valence-corrected chi connectivity index (χ0v) is 13.8. The molecule has 3 aliphatic rings. The van der Waals surface area contributed by atoms with Gasteiger partial charge in [-0.3, -0.25) is 0 Å². The lowest BCUT2D eigenvalue weighted by molar-refractivity contribution is -0.198. The van der Waals surface area contributed by atoms with E-state index in [0.29, 0.717) is 26.1 Å². The van der Waals surface area contributed by atoms with Crippen molar-refractivity contribution in [1.82, 2.24) is 0 Å². The van der Waals surface area contributed by atoms with Gasteiger partial charge in [-0.1, -0.05) is 17.7 Å². The number of nitrogens with two attached hydrogens (primary N) is 1. The summed E-state index contributed by atoms with van der Waals surface area (Å²) in [5, 5.41) is 0.